The molecule has 21 heavy (non-hydrogen) atoms. The summed E-state index contributed by atoms with van der Waals surface area (Å²) in [5.74, 6) is 0.506. The minimum Gasteiger partial charge on any atom is -0.373 e. The number of nitrogens with zero attached hydrogens (tertiary/aromatic N) is 3. The summed E-state index contributed by atoms with van der Waals surface area (Å²) in [6.07, 6.45) is 7.19. The average molecular weight is 289 g/mol. The first-order valence-corrected chi connectivity index (χ1v) is 7.61. The third-order valence-electron chi connectivity index (χ3n) is 4.18. The van der Waals surface area contributed by atoms with E-state index in [4.69, 9.17) is 4.74 Å². The van der Waals surface area contributed by atoms with Crippen LogP contribution in [0, 0.1) is 12.8 Å². The molecular weight excluding hydrogens is 266 g/mol. The van der Waals surface area contributed by atoms with Gasteiger partial charge >= 0.3 is 0 Å². The number of aromatic amines is 1. The molecule has 114 valence electrons. The largest absolute Gasteiger partial charge is 0.373 e. The van der Waals surface area contributed by atoms with Gasteiger partial charge in [-0.2, -0.15) is 10.2 Å². The van der Waals surface area contributed by atoms with Crippen LogP contribution in [0.1, 0.15) is 36.3 Å². The van der Waals surface area contributed by atoms with Crippen LogP contribution in [0.3, 0.4) is 0 Å². The first-order valence-electron chi connectivity index (χ1n) is 7.61. The number of aryl methyl sites for hydroxylation is 2. The second kappa shape index (κ2) is 6.41. The molecule has 0 bridgehead atoms. The molecule has 0 aliphatic carbocycles. The number of aromatic nitrogens is 4. The summed E-state index contributed by atoms with van der Waals surface area (Å²) < 4.78 is 7.86. The Hall–Kier alpha value is -1.66. The van der Waals surface area contributed by atoms with Gasteiger partial charge in [0.25, 0.3) is 0 Å². The number of hydrogen-bond acceptors (Lipinski definition) is 4. The van der Waals surface area contributed by atoms with Crippen LogP contribution in [0.4, 0.5) is 0 Å². The lowest BCUT2D eigenvalue weighted by molar-refractivity contribution is 0.0904. The van der Waals surface area contributed by atoms with E-state index in [0.717, 1.165) is 38.4 Å². The molecule has 0 radical (unpaired) electrons. The van der Waals surface area contributed by atoms with Crippen molar-refractivity contribution < 1.29 is 4.74 Å². The topological polar surface area (TPSA) is 67.8 Å². The molecule has 6 nitrogen and oxygen atoms in total. The molecule has 0 unspecified atom stereocenters. The van der Waals surface area contributed by atoms with E-state index in [9.17, 15) is 0 Å². The second-order valence-corrected chi connectivity index (χ2v) is 5.62. The van der Waals surface area contributed by atoms with Crippen LogP contribution in [0.25, 0.3) is 0 Å². The van der Waals surface area contributed by atoms with Crippen LogP contribution in [-0.4, -0.2) is 33.1 Å². The molecule has 1 saturated heterocycles. The van der Waals surface area contributed by atoms with Crippen molar-refractivity contribution in [1.82, 2.24) is 25.3 Å². The molecule has 2 aromatic heterocycles. The lowest BCUT2D eigenvalue weighted by Crippen LogP contribution is -2.24. The molecule has 0 aromatic carbocycles. The highest BCUT2D eigenvalue weighted by atomic mass is 16.5. The van der Waals surface area contributed by atoms with Crippen molar-refractivity contribution >= 4 is 0 Å². The third-order valence-corrected chi connectivity index (χ3v) is 4.18. The highest BCUT2D eigenvalue weighted by Gasteiger charge is 2.30. The fraction of sp³-hybridized carbons (Fsp3) is 0.600. The minimum atomic E-state index is 0.170. The van der Waals surface area contributed by atoms with Crippen molar-refractivity contribution in [3.8, 4) is 0 Å². The van der Waals surface area contributed by atoms with Crippen LogP contribution >= 0.6 is 0 Å². The van der Waals surface area contributed by atoms with Crippen LogP contribution in [0.15, 0.2) is 18.6 Å². The Kier molecular flexibility index (Phi) is 4.36. The summed E-state index contributed by atoms with van der Waals surface area (Å²) in [5, 5.41) is 14.9. The van der Waals surface area contributed by atoms with Crippen LogP contribution in [0.5, 0.6) is 0 Å². The smallest absolute Gasteiger partial charge is 0.0896 e. The van der Waals surface area contributed by atoms with Gasteiger partial charge < -0.3 is 10.1 Å². The second-order valence-electron chi connectivity index (χ2n) is 5.62. The monoisotopic (exact) mass is 289 g/mol. The lowest BCUT2D eigenvalue weighted by Gasteiger charge is -2.17. The molecule has 1 aliphatic rings. The Morgan fingerprint density at radius 2 is 2.38 bits per heavy atom. The predicted molar refractivity (Wildman–Crippen MR) is 79.7 cm³/mol. The Morgan fingerprint density at radius 3 is 3.10 bits per heavy atom. The first-order chi connectivity index (χ1) is 10.3. The van der Waals surface area contributed by atoms with Crippen LogP contribution in [-0.2, 0) is 17.8 Å². The van der Waals surface area contributed by atoms with Crippen LogP contribution < -0.4 is 5.32 Å². The zero-order valence-corrected chi connectivity index (χ0v) is 12.7. The first kappa shape index (κ1) is 14.3. The molecule has 0 spiro atoms. The Morgan fingerprint density at radius 1 is 1.48 bits per heavy atom. The van der Waals surface area contributed by atoms with E-state index in [0.29, 0.717) is 5.92 Å². The fourth-order valence-electron chi connectivity index (χ4n) is 2.86. The maximum absolute atomic E-state index is 5.91. The molecule has 2 N–H and O–H groups in total. The number of rotatable bonds is 6. The zero-order chi connectivity index (χ0) is 14.7. The van der Waals surface area contributed by atoms with Crippen molar-refractivity contribution in [3.05, 3.63) is 35.4 Å². The van der Waals surface area contributed by atoms with Gasteiger partial charge in [0.1, 0.15) is 0 Å². The lowest BCUT2D eigenvalue weighted by atomic mass is 9.97. The van der Waals surface area contributed by atoms with Crippen molar-refractivity contribution in [2.45, 2.75) is 39.5 Å². The summed E-state index contributed by atoms with van der Waals surface area (Å²) in [6.45, 7) is 7.67. The molecule has 0 amide bonds. The number of ether oxygens (including phenoxy) is 1. The highest BCUT2D eigenvalue weighted by molar-refractivity contribution is 5.14. The number of nitrogens with one attached hydrogen (secondary N) is 2. The SMILES string of the molecule is CCn1cc([C@H]2OCC[C@@H]2CNCc2cn[nH]c2C)cn1. The van der Waals surface area contributed by atoms with Gasteiger partial charge in [0.05, 0.1) is 18.5 Å². The summed E-state index contributed by atoms with van der Waals surface area (Å²) in [4.78, 5) is 0. The molecule has 1 fully saturated rings. The quantitative estimate of drug-likeness (QED) is 0.851. The van der Waals surface area contributed by atoms with E-state index in [1.165, 1.54) is 11.1 Å². The average Bonchev–Trinajstić information content (AvgIpc) is 3.20. The summed E-state index contributed by atoms with van der Waals surface area (Å²) >= 11 is 0. The molecule has 3 heterocycles. The summed E-state index contributed by atoms with van der Waals surface area (Å²) in [5.41, 5.74) is 3.55. The fourth-order valence-corrected chi connectivity index (χ4v) is 2.86. The number of H-pyrrole nitrogens is 1. The Balaban J connectivity index is 1.55. The molecule has 2 aromatic rings. The van der Waals surface area contributed by atoms with E-state index in [2.05, 4.69) is 33.7 Å². The van der Waals surface area contributed by atoms with Gasteiger partial charge in [-0.05, 0) is 20.3 Å². The minimum absolute atomic E-state index is 0.170. The van der Waals surface area contributed by atoms with Gasteiger partial charge in [-0.15, -0.1) is 0 Å². The molecular formula is C15H23N5O. The predicted octanol–water partition coefficient (Wildman–Crippen LogP) is 1.80. The maximum Gasteiger partial charge on any atom is 0.0896 e. The van der Waals surface area contributed by atoms with Gasteiger partial charge in [0, 0.05) is 55.2 Å². The van der Waals surface area contributed by atoms with Crippen molar-refractivity contribution in [2.75, 3.05) is 13.2 Å². The van der Waals surface area contributed by atoms with Gasteiger partial charge in [-0.1, -0.05) is 0 Å². The molecule has 3 rings (SSSR count). The third kappa shape index (κ3) is 3.16. The Bertz CT molecular complexity index is 576. The number of hydrogen-bond donors (Lipinski definition) is 2. The zero-order valence-electron chi connectivity index (χ0n) is 12.7. The van der Waals surface area contributed by atoms with Gasteiger partial charge in [-0.3, -0.25) is 9.78 Å². The van der Waals surface area contributed by atoms with Gasteiger partial charge in [-0.25, -0.2) is 0 Å². The Labute approximate surface area is 124 Å². The summed E-state index contributed by atoms with van der Waals surface area (Å²) in [7, 11) is 0. The van der Waals surface area contributed by atoms with Gasteiger partial charge in [0.15, 0.2) is 0 Å². The normalized spacial score (nSPS) is 22.0. The molecule has 2 atom stereocenters. The molecule has 1 aliphatic heterocycles. The summed E-state index contributed by atoms with van der Waals surface area (Å²) in [6, 6.07) is 0. The van der Waals surface area contributed by atoms with E-state index < -0.39 is 0 Å². The van der Waals surface area contributed by atoms with E-state index in [-0.39, 0.29) is 6.10 Å². The highest BCUT2D eigenvalue weighted by Crippen LogP contribution is 2.33. The van der Waals surface area contributed by atoms with E-state index in [1.807, 2.05) is 24.0 Å². The van der Waals surface area contributed by atoms with E-state index in [1.54, 1.807) is 0 Å². The van der Waals surface area contributed by atoms with Crippen molar-refractivity contribution in [3.63, 3.8) is 0 Å². The van der Waals surface area contributed by atoms with Crippen LogP contribution in [0.2, 0.25) is 0 Å². The standard InChI is InChI=1S/C15H23N5O/c1-3-20-10-14(9-18-20)15-12(4-5-21-15)6-16-7-13-8-17-19-11(13)2/h8-10,12,15-16H,3-7H2,1-2H3,(H,17,19)/t12-,15+/m1/s1. The van der Waals surface area contributed by atoms with Crippen molar-refractivity contribution in [1.29, 1.82) is 0 Å². The molecule has 0 saturated carbocycles. The molecule has 6 heteroatoms. The van der Waals surface area contributed by atoms with E-state index >= 15 is 0 Å². The van der Waals surface area contributed by atoms with Crippen molar-refractivity contribution in [2.24, 2.45) is 5.92 Å². The maximum atomic E-state index is 5.91. The van der Waals surface area contributed by atoms with Gasteiger partial charge in [0.2, 0.25) is 0 Å².